The lowest BCUT2D eigenvalue weighted by atomic mass is 9.91. The summed E-state index contributed by atoms with van der Waals surface area (Å²) in [5, 5.41) is 3.49. The summed E-state index contributed by atoms with van der Waals surface area (Å²) in [5.41, 5.74) is -0.0714. The van der Waals surface area contributed by atoms with Crippen molar-refractivity contribution in [3.63, 3.8) is 0 Å². The lowest BCUT2D eigenvalue weighted by Crippen LogP contribution is -2.35. The molecule has 1 fully saturated rings. The van der Waals surface area contributed by atoms with E-state index in [1.54, 1.807) is 7.11 Å². The number of hydrogen-bond donors (Lipinski definition) is 1. The van der Waals surface area contributed by atoms with E-state index in [-0.39, 0.29) is 5.60 Å². The molecule has 3 nitrogen and oxygen atoms in total. The van der Waals surface area contributed by atoms with Gasteiger partial charge in [0, 0.05) is 26.7 Å². The maximum Gasteiger partial charge on any atom is 0.0647 e. The third-order valence-corrected chi connectivity index (χ3v) is 3.43. The van der Waals surface area contributed by atoms with Crippen LogP contribution < -0.4 is 5.32 Å². The number of ether oxygens (including phenoxy) is 2. The largest absolute Gasteiger partial charge is 0.379 e. The van der Waals surface area contributed by atoms with Crippen molar-refractivity contribution in [2.75, 3.05) is 26.8 Å². The summed E-state index contributed by atoms with van der Waals surface area (Å²) in [6, 6.07) is 0. The first-order valence-corrected chi connectivity index (χ1v) is 6.46. The average Bonchev–Trinajstić information content (AvgIpc) is 2.66. The molecular weight excluding hydrogens is 202 g/mol. The average molecular weight is 229 g/mol. The molecule has 0 saturated carbocycles. The SMILES string of the molecule is CCCNCC1CCOC1CC(C)(C)OC. The highest BCUT2D eigenvalue weighted by atomic mass is 16.5. The van der Waals surface area contributed by atoms with Gasteiger partial charge in [-0.3, -0.25) is 0 Å². The molecule has 0 aliphatic carbocycles. The van der Waals surface area contributed by atoms with Crippen molar-refractivity contribution in [2.45, 2.75) is 51.7 Å². The minimum atomic E-state index is -0.0714. The predicted octanol–water partition coefficient (Wildman–Crippen LogP) is 2.21. The van der Waals surface area contributed by atoms with Gasteiger partial charge in [-0.2, -0.15) is 0 Å². The standard InChI is InChI=1S/C13H27NO2/c1-5-7-14-10-11-6-8-16-12(11)9-13(2,3)15-4/h11-12,14H,5-10H2,1-4H3. The molecule has 1 aliphatic heterocycles. The quantitative estimate of drug-likeness (QED) is 0.679. The molecule has 0 aromatic rings. The fourth-order valence-electron chi connectivity index (χ4n) is 2.18. The summed E-state index contributed by atoms with van der Waals surface area (Å²) in [6.07, 6.45) is 3.73. The van der Waals surface area contributed by atoms with Crippen LogP contribution in [0.25, 0.3) is 0 Å². The molecule has 1 heterocycles. The fraction of sp³-hybridized carbons (Fsp3) is 1.00. The highest BCUT2D eigenvalue weighted by Gasteiger charge is 2.33. The summed E-state index contributed by atoms with van der Waals surface area (Å²) < 4.78 is 11.3. The van der Waals surface area contributed by atoms with Crippen molar-refractivity contribution in [2.24, 2.45) is 5.92 Å². The molecule has 16 heavy (non-hydrogen) atoms. The van der Waals surface area contributed by atoms with Crippen molar-refractivity contribution in [3.05, 3.63) is 0 Å². The molecule has 2 atom stereocenters. The molecule has 1 rings (SSSR count). The van der Waals surface area contributed by atoms with Crippen LogP contribution in [0.1, 0.15) is 40.0 Å². The zero-order chi connectivity index (χ0) is 12.0. The second kappa shape index (κ2) is 6.58. The molecule has 0 bridgehead atoms. The van der Waals surface area contributed by atoms with Crippen LogP contribution in [-0.2, 0) is 9.47 Å². The second-order valence-corrected chi connectivity index (χ2v) is 5.33. The van der Waals surface area contributed by atoms with Crippen LogP contribution in [0, 0.1) is 5.92 Å². The Morgan fingerprint density at radius 1 is 1.44 bits per heavy atom. The first-order valence-electron chi connectivity index (χ1n) is 6.46. The third kappa shape index (κ3) is 4.40. The lowest BCUT2D eigenvalue weighted by molar-refractivity contribution is -0.0347. The molecule has 1 N–H and O–H groups in total. The molecule has 0 aromatic carbocycles. The number of rotatable bonds is 7. The number of methoxy groups -OCH3 is 1. The number of nitrogens with one attached hydrogen (secondary N) is 1. The Bertz CT molecular complexity index is 194. The van der Waals surface area contributed by atoms with E-state index < -0.39 is 0 Å². The monoisotopic (exact) mass is 229 g/mol. The molecule has 3 heteroatoms. The van der Waals surface area contributed by atoms with Gasteiger partial charge in [-0.25, -0.2) is 0 Å². The first-order chi connectivity index (χ1) is 7.59. The van der Waals surface area contributed by atoms with E-state index in [1.807, 2.05) is 0 Å². The Morgan fingerprint density at radius 3 is 2.81 bits per heavy atom. The molecule has 0 radical (unpaired) electrons. The Morgan fingerprint density at radius 2 is 2.19 bits per heavy atom. The highest BCUT2D eigenvalue weighted by Crippen LogP contribution is 2.28. The zero-order valence-corrected chi connectivity index (χ0v) is 11.2. The van der Waals surface area contributed by atoms with Gasteiger partial charge in [0.15, 0.2) is 0 Å². The fourth-order valence-corrected chi connectivity index (χ4v) is 2.18. The first kappa shape index (κ1) is 13.9. The van der Waals surface area contributed by atoms with Crippen molar-refractivity contribution in [1.29, 1.82) is 0 Å². The molecular formula is C13H27NO2. The maximum absolute atomic E-state index is 5.81. The summed E-state index contributed by atoms with van der Waals surface area (Å²) >= 11 is 0. The van der Waals surface area contributed by atoms with E-state index in [0.29, 0.717) is 12.0 Å². The molecule has 96 valence electrons. The molecule has 1 aliphatic rings. The Hall–Kier alpha value is -0.120. The Balaban J connectivity index is 2.34. The summed E-state index contributed by atoms with van der Waals surface area (Å²) in [7, 11) is 1.78. The van der Waals surface area contributed by atoms with E-state index >= 15 is 0 Å². The van der Waals surface area contributed by atoms with E-state index in [9.17, 15) is 0 Å². The van der Waals surface area contributed by atoms with Crippen LogP contribution >= 0.6 is 0 Å². The van der Waals surface area contributed by atoms with E-state index in [0.717, 1.165) is 26.1 Å². The summed E-state index contributed by atoms with van der Waals surface area (Å²) in [4.78, 5) is 0. The van der Waals surface area contributed by atoms with Gasteiger partial charge in [-0.1, -0.05) is 6.92 Å². The van der Waals surface area contributed by atoms with Crippen molar-refractivity contribution < 1.29 is 9.47 Å². The maximum atomic E-state index is 5.81. The zero-order valence-electron chi connectivity index (χ0n) is 11.2. The molecule has 2 unspecified atom stereocenters. The van der Waals surface area contributed by atoms with Gasteiger partial charge in [-0.05, 0) is 39.2 Å². The van der Waals surface area contributed by atoms with Crippen molar-refractivity contribution in [3.8, 4) is 0 Å². The van der Waals surface area contributed by atoms with Gasteiger partial charge in [0.25, 0.3) is 0 Å². The summed E-state index contributed by atoms with van der Waals surface area (Å²) in [5.74, 6) is 0.654. The molecule has 0 spiro atoms. The van der Waals surface area contributed by atoms with Crippen molar-refractivity contribution >= 4 is 0 Å². The van der Waals surface area contributed by atoms with Crippen LogP contribution in [0.15, 0.2) is 0 Å². The Labute approximate surface area is 99.9 Å². The topological polar surface area (TPSA) is 30.5 Å². The second-order valence-electron chi connectivity index (χ2n) is 5.33. The molecule has 0 aromatic heterocycles. The smallest absolute Gasteiger partial charge is 0.0647 e. The van der Waals surface area contributed by atoms with Crippen LogP contribution in [0.2, 0.25) is 0 Å². The van der Waals surface area contributed by atoms with E-state index in [1.165, 1.54) is 12.8 Å². The summed E-state index contributed by atoms with van der Waals surface area (Å²) in [6.45, 7) is 9.55. The molecule has 1 saturated heterocycles. The Kier molecular flexibility index (Phi) is 5.73. The molecule has 0 amide bonds. The predicted molar refractivity (Wildman–Crippen MR) is 66.7 cm³/mol. The highest BCUT2D eigenvalue weighted by molar-refractivity contribution is 4.84. The van der Waals surface area contributed by atoms with Crippen LogP contribution in [0.5, 0.6) is 0 Å². The van der Waals surface area contributed by atoms with E-state index in [4.69, 9.17) is 9.47 Å². The minimum Gasteiger partial charge on any atom is -0.379 e. The van der Waals surface area contributed by atoms with Crippen LogP contribution in [0.4, 0.5) is 0 Å². The van der Waals surface area contributed by atoms with Gasteiger partial charge < -0.3 is 14.8 Å². The number of hydrogen-bond acceptors (Lipinski definition) is 3. The minimum absolute atomic E-state index is 0.0714. The van der Waals surface area contributed by atoms with Gasteiger partial charge >= 0.3 is 0 Å². The van der Waals surface area contributed by atoms with Gasteiger partial charge in [0.2, 0.25) is 0 Å². The van der Waals surface area contributed by atoms with E-state index in [2.05, 4.69) is 26.1 Å². The van der Waals surface area contributed by atoms with Crippen molar-refractivity contribution in [1.82, 2.24) is 5.32 Å². The third-order valence-electron chi connectivity index (χ3n) is 3.43. The normalized spacial score (nSPS) is 26.2. The van der Waals surface area contributed by atoms with Gasteiger partial charge in [0.1, 0.15) is 0 Å². The lowest BCUT2D eigenvalue weighted by Gasteiger charge is -2.29. The van der Waals surface area contributed by atoms with Gasteiger partial charge in [-0.15, -0.1) is 0 Å². The van der Waals surface area contributed by atoms with Crippen LogP contribution in [-0.4, -0.2) is 38.5 Å². The van der Waals surface area contributed by atoms with Crippen LogP contribution in [0.3, 0.4) is 0 Å². The van der Waals surface area contributed by atoms with Gasteiger partial charge in [0.05, 0.1) is 11.7 Å².